The Balaban J connectivity index is 2.62. The standard InChI is InChI=1S/C14H17NO5/c1-19-9-10(16)7-8-13(17)15-12-6-4-3-5-11(12)14(18)20-2/h3-6H,7-9H2,1-2H3,(H,15,17). The highest BCUT2D eigenvalue weighted by molar-refractivity contribution is 6.01. The first-order valence-corrected chi connectivity index (χ1v) is 6.06. The highest BCUT2D eigenvalue weighted by Crippen LogP contribution is 2.16. The van der Waals surface area contributed by atoms with Crippen molar-refractivity contribution in [3.63, 3.8) is 0 Å². The summed E-state index contributed by atoms with van der Waals surface area (Å²) in [7, 11) is 2.69. The van der Waals surface area contributed by atoms with Gasteiger partial charge in [0.15, 0.2) is 5.78 Å². The molecule has 0 aromatic heterocycles. The van der Waals surface area contributed by atoms with E-state index in [0.29, 0.717) is 5.69 Å². The molecule has 0 radical (unpaired) electrons. The van der Waals surface area contributed by atoms with E-state index in [1.165, 1.54) is 14.2 Å². The second kappa shape index (κ2) is 8.06. The molecule has 0 bridgehead atoms. The van der Waals surface area contributed by atoms with Gasteiger partial charge in [0.1, 0.15) is 6.61 Å². The summed E-state index contributed by atoms with van der Waals surface area (Å²) in [6.07, 6.45) is 0.137. The number of hydrogen-bond donors (Lipinski definition) is 1. The van der Waals surface area contributed by atoms with Gasteiger partial charge in [-0.1, -0.05) is 12.1 Å². The van der Waals surface area contributed by atoms with Gasteiger partial charge in [-0.05, 0) is 12.1 Å². The van der Waals surface area contributed by atoms with Gasteiger partial charge >= 0.3 is 5.97 Å². The maximum absolute atomic E-state index is 11.7. The number of para-hydroxylation sites is 1. The monoisotopic (exact) mass is 279 g/mol. The van der Waals surface area contributed by atoms with Crippen LogP contribution in [0.4, 0.5) is 5.69 Å². The number of amides is 1. The van der Waals surface area contributed by atoms with Gasteiger partial charge in [0, 0.05) is 20.0 Å². The van der Waals surface area contributed by atoms with Crippen LogP contribution in [-0.4, -0.2) is 38.5 Å². The average molecular weight is 279 g/mol. The zero-order chi connectivity index (χ0) is 15.0. The van der Waals surface area contributed by atoms with E-state index in [-0.39, 0.29) is 36.7 Å². The largest absolute Gasteiger partial charge is 0.465 e. The van der Waals surface area contributed by atoms with Crippen LogP contribution in [0.2, 0.25) is 0 Å². The Morgan fingerprint density at radius 3 is 2.45 bits per heavy atom. The van der Waals surface area contributed by atoms with E-state index in [1.807, 2.05) is 0 Å². The lowest BCUT2D eigenvalue weighted by Gasteiger charge is -2.09. The number of carbonyl (C=O) groups excluding carboxylic acids is 3. The first-order chi connectivity index (χ1) is 9.58. The molecule has 6 heteroatoms. The summed E-state index contributed by atoms with van der Waals surface area (Å²) in [5.74, 6) is -1.02. The number of ketones is 1. The van der Waals surface area contributed by atoms with Crippen LogP contribution in [0.1, 0.15) is 23.2 Å². The molecule has 0 spiro atoms. The molecule has 20 heavy (non-hydrogen) atoms. The molecule has 0 aliphatic heterocycles. The number of benzene rings is 1. The Morgan fingerprint density at radius 2 is 1.80 bits per heavy atom. The van der Waals surface area contributed by atoms with Crippen LogP contribution >= 0.6 is 0 Å². The first kappa shape index (κ1) is 15.8. The predicted molar refractivity (Wildman–Crippen MR) is 72.5 cm³/mol. The molecule has 0 fully saturated rings. The fourth-order valence-corrected chi connectivity index (χ4v) is 1.58. The SMILES string of the molecule is COCC(=O)CCC(=O)Nc1ccccc1C(=O)OC. The molecule has 0 saturated carbocycles. The number of carbonyl (C=O) groups is 3. The van der Waals surface area contributed by atoms with Crippen LogP contribution in [0.3, 0.4) is 0 Å². The maximum atomic E-state index is 11.7. The van der Waals surface area contributed by atoms with Crippen LogP contribution in [0.25, 0.3) is 0 Å². The van der Waals surface area contributed by atoms with E-state index in [2.05, 4.69) is 14.8 Å². The third kappa shape index (κ3) is 4.81. The minimum Gasteiger partial charge on any atom is -0.465 e. The van der Waals surface area contributed by atoms with Crippen LogP contribution in [0.5, 0.6) is 0 Å². The van der Waals surface area contributed by atoms with Gasteiger partial charge in [-0.3, -0.25) is 9.59 Å². The van der Waals surface area contributed by atoms with Crippen LogP contribution in [-0.2, 0) is 19.1 Å². The number of nitrogens with one attached hydrogen (secondary N) is 1. The van der Waals surface area contributed by atoms with E-state index in [1.54, 1.807) is 24.3 Å². The van der Waals surface area contributed by atoms with Crippen molar-refractivity contribution in [1.82, 2.24) is 0 Å². The van der Waals surface area contributed by atoms with Crippen molar-refractivity contribution in [1.29, 1.82) is 0 Å². The van der Waals surface area contributed by atoms with Crippen molar-refractivity contribution >= 4 is 23.3 Å². The molecule has 0 heterocycles. The Morgan fingerprint density at radius 1 is 1.10 bits per heavy atom. The van der Waals surface area contributed by atoms with E-state index in [0.717, 1.165) is 0 Å². The second-order valence-electron chi connectivity index (χ2n) is 4.06. The van der Waals surface area contributed by atoms with Crippen molar-refractivity contribution in [3.8, 4) is 0 Å². The van der Waals surface area contributed by atoms with Gasteiger partial charge in [0.2, 0.25) is 5.91 Å². The highest BCUT2D eigenvalue weighted by atomic mass is 16.5. The highest BCUT2D eigenvalue weighted by Gasteiger charge is 2.13. The van der Waals surface area contributed by atoms with Gasteiger partial charge in [0.25, 0.3) is 0 Å². The third-order valence-corrected chi connectivity index (χ3v) is 2.54. The number of anilines is 1. The molecule has 0 atom stereocenters. The molecule has 1 rings (SSSR count). The molecule has 1 aromatic carbocycles. The number of methoxy groups -OCH3 is 2. The van der Waals surface area contributed by atoms with E-state index >= 15 is 0 Å². The van der Waals surface area contributed by atoms with Gasteiger partial charge in [-0.2, -0.15) is 0 Å². The predicted octanol–water partition coefficient (Wildman–Crippen LogP) is 1.41. The summed E-state index contributed by atoms with van der Waals surface area (Å²) < 4.78 is 9.30. The topological polar surface area (TPSA) is 81.7 Å². The molecule has 0 aliphatic carbocycles. The smallest absolute Gasteiger partial charge is 0.339 e. The van der Waals surface area contributed by atoms with Crippen molar-refractivity contribution in [2.45, 2.75) is 12.8 Å². The number of Topliss-reactive ketones (excluding diaryl/α,β-unsaturated/α-hetero) is 1. The molecular weight excluding hydrogens is 262 g/mol. The van der Waals surface area contributed by atoms with E-state index < -0.39 is 5.97 Å². The van der Waals surface area contributed by atoms with Gasteiger partial charge in [-0.15, -0.1) is 0 Å². The summed E-state index contributed by atoms with van der Waals surface area (Å²) in [6.45, 7) is -0.00791. The lowest BCUT2D eigenvalue weighted by atomic mass is 10.1. The average Bonchev–Trinajstić information content (AvgIpc) is 2.45. The van der Waals surface area contributed by atoms with Crippen molar-refractivity contribution in [2.24, 2.45) is 0 Å². The summed E-state index contributed by atoms with van der Waals surface area (Å²) in [6, 6.07) is 6.51. The number of ether oxygens (including phenoxy) is 2. The zero-order valence-corrected chi connectivity index (χ0v) is 11.5. The van der Waals surface area contributed by atoms with Crippen LogP contribution < -0.4 is 5.32 Å². The van der Waals surface area contributed by atoms with Gasteiger partial charge in [-0.25, -0.2) is 4.79 Å². The fraction of sp³-hybridized carbons (Fsp3) is 0.357. The number of hydrogen-bond acceptors (Lipinski definition) is 5. The molecule has 0 unspecified atom stereocenters. The Labute approximate surface area is 117 Å². The normalized spacial score (nSPS) is 9.90. The molecule has 1 amide bonds. The number of rotatable bonds is 7. The van der Waals surface area contributed by atoms with Crippen LogP contribution in [0.15, 0.2) is 24.3 Å². The summed E-state index contributed by atoms with van der Waals surface area (Å²) in [5.41, 5.74) is 0.634. The van der Waals surface area contributed by atoms with Crippen molar-refractivity contribution in [3.05, 3.63) is 29.8 Å². The summed E-state index contributed by atoms with van der Waals surface area (Å²) in [4.78, 5) is 34.5. The van der Waals surface area contributed by atoms with Crippen LogP contribution in [0, 0.1) is 0 Å². The summed E-state index contributed by atoms with van der Waals surface area (Å²) in [5, 5.41) is 2.59. The minimum absolute atomic E-state index is 0.00791. The lowest BCUT2D eigenvalue weighted by Crippen LogP contribution is -2.17. The molecule has 0 saturated heterocycles. The maximum Gasteiger partial charge on any atom is 0.339 e. The quantitative estimate of drug-likeness (QED) is 0.763. The Bertz CT molecular complexity index is 498. The van der Waals surface area contributed by atoms with E-state index in [9.17, 15) is 14.4 Å². The van der Waals surface area contributed by atoms with E-state index in [4.69, 9.17) is 0 Å². The Hall–Kier alpha value is -2.21. The molecule has 108 valence electrons. The van der Waals surface area contributed by atoms with Gasteiger partial charge < -0.3 is 14.8 Å². The first-order valence-electron chi connectivity index (χ1n) is 6.06. The summed E-state index contributed by atoms with van der Waals surface area (Å²) >= 11 is 0. The van der Waals surface area contributed by atoms with Crippen molar-refractivity contribution in [2.75, 3.05) is 26.1 Å². The van der Waals surface area contributed by atoms with Gasteiger partial charge in [0.05, 0.1) is 18.4 Å². The molecule has 6 nitrogen and oxygen atoms in total. The zero-order valence-electron chi connectivity index (χ0n) is 11.5. The van der Waals surface area contributed by atoms with Crippen molar-refractivity contribution < 1.29 is 23.9 Å². The second-order valence-corrected chi connectivity index (χ2v) is 4.06. The lowest BCUT2D eigenvalue weighted by molar-refractivity contribution is -0.125. The fourth-order valence-electron chi connectivity index (χ4n) is 1.58. The molecule has 1 N–H and O–H groups in total. The molecular formula is C14H17NO5. The minimum atomic E-state index is -0.531. The molecule has 0 aliphatic rings. The Kier molecular flexibility index (Phi) is 6.39. The third-order valence-electron chi connectivity index (χ3n) is 2.54. The number of esters is 1. The molecule has 1 aromatic rings.